The van der Waals surface area contributed by atoms with Gasteiger partial charge in [-0.05, 0) is 62.1 Å². The number of anilines is 2. The van der Waals surface area contributed by atoms with Crippen molar-refractivity contribution in [3.63, 3.8) is 0 Å². The van der Waals surface area contributed by atoms with Crippen LogP contribution in [0.1, 0.15) is 32.3 Å². The van der Waals surface area contributed by atoms with Gasteiger partial charge in [-0.1, -0.05) is 24.3 Å². The number of piperidine rings is 1. The van der Waals surface area contributed by atoms with Gasteiger partial charge in [0.2, 0.25) is 11.9 Å². The molecule has 1 atom stereocenters. The van der Waals surface area contributed by atoms with Crippen LogP contribution < -0.4 is 15.1 Å². The van der Waals surface area contributed by atoms with Gasteiger partial charge in [0.1, 0.15) is 5.82 Å². The zero-order valence-electron chi connectivity index (χ0n) is 19.9. The Labute approximate surface area is 200 Å². The van der Waals surface area contributed by atoms with Gasteiger partial charge < -0.3 is 15.1 Å². The zero-order valence-corrected chi connectivity index (χ0v) is 19.9. The lowest BCUT2D eigenvalue weighted by molar-refractivity contribution is -0.125. The minimum Gasteiger partial charge on any atom is -0.372 e. The van der Waals surface area contributed by atoms with Crippen LogP contribution in [0.15, 0.2) is 60.9 Å². The smallest absolute Gasteiger partial charge is 0.225 e. The summed E-state index contributed by atoms with van der Waals surface area (Å²) in [6.45, 7) is 8.20. The first-order chi connectivity index (χ1) is 16.6. The molecule has 0 aliphatic carbocycles. The second-order valence-electron chi connectivity index (χ2n) is 8.62. The van der Waals surface area contributed by atoms with E-state index < -0.39 is 0 Å². The standard InChI is InChI=1S/C27H32FN5O/c1-3-32(4-2)25-13-7-20(8-14-25)16-29-26(34)22-6-5-15-33(19-22)27-30-17-23(18-31-27)21-9-11-24(28)12-10-21/h7-14,17-18,22H,3-6,15-16,19H2,1-2H3,(H,29,34)/t22-/m1/s1. The van der Waals surface area contributed by atoms with Gasteiger partial charge in [-0.25, -0.2) is 14.4 Å². The molecule has 0 bridgehead atoms. The third-order valence-corrected chi connectivity index (χ3v) is 6.42. The summed E-state index contributed by atoms with van der Waals surface area (Å²) in [5.41, 5.74) is 4.00. The monoisotopic (exact) mass is 461 g/mol. The first-order valence-electron chi connectivity index (χ1n) is 12.0. The van der Waals surface area contributed by atoms with Crippen molar-refractivity contribution in [1.82, 2.24) is 15.3 Å². The zero-order chi connectivity index (χ0) is 23.9. The molecule has 0 spiro atoms. The first kappa shape index (κ1) is 23.7. The Hall–Kier alpha value is -3.48. The van der Waals surface area contributed by atoms with Crippen molar-refractivity contribution >= 4 is 17.5 Å². The van der Waals surface area contributed by atoms with Crippen LogP contribution in [0.5, 0.6) is 0 Å². The van der Waals surface area contributed by atoms with E-state index in [1.54, 1.807) is 24.5 Å². The Morgan fingerprint density at radius 3 is 2.35 bits per heavy atom. The molecule has 0 saturated carbocycles. The molecule has 34 heavy (non-hydrogen) atoms. The van der Waals surface area contributed by atoms with Crippen molar-refractivity contribution in [2.24, 2.45) is 5.92 Å². The summed E-state index contributed by atoms with van der Waals surface area (Å²) in [5.74, 6) is 0.329. The molecule has 1 amide bonds. The van der Waals surface area contributed by atoms with Gasteiger partial charge in [-0.3, -0.25) is 4.79 Å². The Morgan fingerprint density at radius 2 is 1.71 bits per heavy atom. The number of hydrogen-bond acceptors (Lipinski definition) is 5. The van der Waals surface area contributed by atoms with Crippen LogP contribution in [0, 0.1) is 11.7 Å². The van der Waals surface area contributed by atoms with Gasteiger partial charge in [0.15, 0.2) is 0 Å². The lowest BCUT2D eigenvalue weighted by Crippen LogP contribution is -2.43. The second kappa shape index (κ2) is 11.1. The van der Waals surface area contributed by atoms with E-state index in [1.165, 1.54) is 17.8 Å². The van der Waals surface area contributed by atoms with Gasteiger partial charge in [0.05, 0.1) is 5.92 Å². The minimum absolute atomic E-state index is 0.0699. The molecule has 1 aliphatic rings. The van der Waals surface area contributed by atoms with Crippen LogP contribution in [0.25, 0.3) is 11.1 Å². The van der Waals surface area contributed by atoms with Crippen molar-refractivity contribution < 1.29 is 9.18 Å². The number of hydrogen-bond donors (Lipinski definition) is 1. The van der Waals surface area contributed by atoms with E-state index in [9.17, 15) is 9.18 Å². The van der Waals surface area contributed by atoms with Crippen molar-refractivity contribution in [1.29, 1.82) is 0 Å². The second-order valence-corrected chi connectivity index (χ2v) is 8.62. The van der Waals surface area contributed by atoms with Gasteiger partial charge in [-0.15, -0.1) is 0 Å². The molecule has 178 valence electrons. The van der Waals surface area contributed by atoms with Crippen LogP contribution in [-0.4, -0.2) is 42.1 Å². The van der Waals surface area contributed by atoms with Crippen LogP contribution in [0.3, 0.4) is 0 Å². The van der Waals surface area contributed by atoms with Crippen molar-refractivity contribution in [2.45, 2.75) is 33.2 Å². The van der Waals surface area contributed by atoms with Crippen LogP contribution in [-0.2, 0) is 11.3 Å². The number of aromatic nitrogens is 2. The average molecular weight is 462 g/mol. The number of nitrogens with one attached hydrogen (secondary N) is 1. The average Bonchev–Trinajstić information content (AvgIpc) is 2.89. The molecule has 4 rings (SSSR count). The van der Waals surface area contributed by atoms with E-state index in [4.69, 9.17) is 0 Å². The molecule has 0 unspecified atom stereocenters. The van der Waals surface area contributed by atoms with Gasteiger partial charge in [0.25, 0.3) is 0 Å². The van der Waals surface area contributed by atoms with Crippen LogP contribution in [0.2, 0.25) is 0 Å². The highest BCUT2D eigenvalue weighted by Crippen LogP contribution is 2.23. The largest absolute Gasteiger partial charge is 0.372 e. The Morgan fingerprint density at radius 1 is 1.03 bits per heavy atom. The highest BCUT2D eigenvalue weighted by molar-refractivity contribution is 5.79. The highest BCUT2D eigenvalue weighted by Gasteiger charge is 2.27. The Kier molecular flexibility index (Phi) is 7.72. The van der Waals surface area contributed by atoms with Crippen LogP contribution in [0.4, 0.5) is 16.0 Å². The summed E-state index contributed by atoms with van der Waals surface area (Å²) in [7, 11) is 0. The molecule has 6 nitrogen and oxygen atoms in total. The minimum atomic E-state index is -0.268. The van der Waals surface area contributed by atoms with Crippen molar-refractivity contribution in [3.05, 3.63) is 72.3 Å². The van der Waals surface area contributed by atoms with E-state index in [0.717, 1.165) is 49.2 Å². The number of rotatable bonds is 8. The van der Waals surface area contributed by atoms with E-state index >= 15 is 0 Å². The molecule has 2 heterocycles. The fourth-order valence-electron chi connectivity index (χ4n) is 4.40. The number of amides is 1. The molecule has 3 aromatic rings. The number of nitrogens with zero attached hydrogens (tertiary/aromatic N) is 4. The third kappa shape index (κ3) is 5.71. The van der Waals surface area contributed by atoms with E-state index in [-0.39, 0.29) is 17.6 Å². The molecule has 1 aliphatic heterocycles. The molecule has 2 aromatic carbocycles. The van der Waals surface area contributed by atoms with Gasteiger partial charge in [0, 0.05) is 56.4 Å². The maximum Gasteiger partial charge on any atom is 0.225 e. The summed E-state index contributed by atoms with van der Waals surface area (Å²) >= 11 is 0. The predicted octanol–water partition coefficient (Wildman–Crippen LogP) is 4.66. The highest BCUT2D eigenvalue weighted by atomic mass is 19.1. The fourth-order valence-corrected chi connectivity index (χ4v) is 4.40. The lowest BCUT2D eigenvalue weighted by atomic mass is 9.97. The Bertz CT molecular complexity index is 1070. The number of halogens is 1. The topological polar surface area (TPSA) is 61.4 Å². The van der Waals surface area contributed by atoms with Crippen LogP contribution >= 0.6 is 0 Å². The fraction of sp³-hybridized carbons (Fsp3) is 0.370. The summed E-state index contributed by atoms with van der Waals surface area (Å²) in [6.07, 6.45) is 5.28. The Balaban J connectivity index is 1.32. The normalized spacial score (nSPS) is 15.7. The molecular formula is C27H32FN5O. The summed E-state index contributed by atoms with van der Waals surface area (Å²) in [5, 5.41) is 3.10. The van der Waals surface area contributed by atoms with Crippen molar-refractivity contribution in [3.8, 4) is 11.1 Å². The first-order valence-corrected chi connectivity index (χ1v) is 12.0. The maximum absolute atomic E-state index is 13.2. The van der Waals surface area contributed by atoms with Crippen molar-refractivity contribution in [2.75, 3.05) is 36.0 Å². The van der Waals surface area contributed by atoms with E-state index in [2.05, 4.69) is 63.2 Å². The number of carbonyl (C=O) groups is 1. The molecule has 1 saturated heterocycles. The number of benzene rings is 2. The molecular weight excluding hydrogens is 429 g/mol. The quantitative estimate of drug-likeness (QED) is 0.529. The van der Waals surface area contributed by atoms with Gasteiger partial charge >= 0.3 is 0 Å². The molecule has 1 aromatic heterocycles. The molecule has 1 N–H and O–H groups in total. The molecule has 1 fully saturated rings. The summed E-state index contributed by atoms with van der Waals surface area (Å²) < 4.78 is 13.2. The lowest BCUT2D eigenvalue weighted by Gasteiger charge is -2.32. The maximum atomic E-state index is 13.2. The third-order valence-electron chi connectivity index (χ3n) is 6.42. The summed E-state index contributed by atoms with van der Waals surface area (Å²) in [4.78, 5) is 26.3. The predicted molar refractivity (Wildman–Crippen MR) is 134 cm³/mol. The molecule has 7 heteroatoms. The molecule has 0 radical (unpaired) electrons. The van der Waals surface area contributed by atoms with Gasteiger partial charge in [-0.2, -0.15) is 0 Å². The number of carbonyl (C=O) groups excluding carboxylic acids is 1. The van der Waals surface area contributed by atoms with E-state index in [1.807, 2.05) is 0 Å². The van der Waals surface area contributed by atoms with E-state index in [0.29, 0.717) is 19.0 Å². The summed E-state index contributed by atoms with van der Waals surface area (Å²) in [6, 6.07) is 14.7. The SMILES string of the molecule is CCN(CC)c1ccc(CNC(=O)[C@@H]2CCCN(c3ncc(-c4ccc(F)cc4)cn3)C2)cc1.